The van der Waals surface area contributed by atoms with Crippen LogP contribution < -0.4 is 25.7 Å². The normalized spacial score (nSPS) is 16.4. The number of carbonyl (C=O) groups is 3. The molecule has 1 aliphatic heterocycles. The van der Waals surface area contributed by atoms with Gasteiger partial charge in [-0.2, -0.15) is 0 Å². The van der Waals surface area contributed by atoms with Crippen molar-refractivity contribution >= 4 is 17.7 Å². The third-order valence-electron chi connectivity index (χ3n) is 8.10. The van der Waals surface area contributed by atoms with E-state index in [0.29, 0.717) is 30.8 Å². The van der Waals surface area contributed by atoms with Crippen LogP contribution in [0.3, 0.4) is 0 Å². The van der Waals surface area contributed by atoms with Crippen LogP contribution in [-0.4, -0.2) is 82.0 Å². The number of rotatable bonds is 5. The topological polar surface area (TPSA) is 161 Å². The second-order valence-corrected chi connectivity index (χ2v) is 11.9. The lowest BCUT2D eigenvalue weighted by Gasteiger charge is -2.24. The maximum Gasteiger partial charge on any atom is 0.261 e. The van der Waals surface area contributed by atoms with Crippen molar-refractivity contribution in [3.05, 3.63) is 105 Å². The summed E-state index contributed by atoms with van der Waals surface area (Å²) in [6.45, 7) is 5.10. The highest BCUT2D eigenvalue weighted by atomic mass is 16.5. The summed E-state index contributed by atoms with van der Waals surface area (Å²) in [5, 5.41) is 14.2. The highest BCUT2D eigenvalue weighted by Gasteiger charge is 2.26. The van der Waals surface area contributed by atoms with Gasteiger partial charge in [0.25, 0.3) is 17.4 Å². The van der Waals surface area contributed by atoms with Crippen molar-refractivity contribution in [3.8, 4) is 11.5 Å². The largest absolute Gasteiger partial charge is 0.493 e. The van der Waals surface area contributed by atoms with Gasteiger partial charge in [-0.15, -0.1) is 5.10 Å². The first-order valence-corrected chi connectivity index (χ1v) is 16.1. The number of aromatic amines is 1. The first kappa shape index (κ1) is 33.9. The molecule has 0 saturated heterocycles. The lowest BCUT2D eigenvalue weighted by atomic mass is 10.0. The van der Waals surface area contributed by atoms with E-state index in [2.05, 4.69) is 25.9 Å². The number of carbonyl (C=O) groups excluding carboxylic acids is 3. The fraction of sp³-hybridized carbons (Fsp3) is 0.371. The van der Waals surface area contributed by atoms with Gasteiger partial charge in [-0.3, -0.25) is 23.9 Å². The molecule has 1 aliphatic rings. The van der Waals surface area contributed by atoms with Crippen molar-refractivity contribution in [2.45, 2.75) is 51.6 Å². The number of H-pyrrole nitrogens is 1. The van der Waals surface area contributed by atoms with Crippen LogP contribution in [0.1, 0.15) is 63.9 Å². The Morgan fingerprint density at radius 1 is 1.02 bits per heavy atom. The molecule has 2 aromatic carbocycles. The van der Waals surface area contributed by atoms with Gasteiger partial charge in [-0.25, -0.2) is 0 Å². The minimum absolute atomic E-state index is 0.0103. The minimum atomic E-state index is -0.939. The summed E-state index contributed by atoms with van der Waals surface area (Å²) in [6.07, 6.45) is 2.98. The Hall–Kier alpha value is -5.46. The first-order valence-electron chi connectivity index (χ1n) is 16.1. The van der Waals surface area contributed by atoms with Crippen molar-refractivity contribution < 1.29 is 23.9 Å². The van der Waals surface area contributed by atoms with Gasteiger partial charge < -0.3 is 30.0 Å². The number of aryl methyl sites for hydroxylation is 1. The van der Waals surface area contributed by atoms with Crippen molar-refractivity contribution in [2.24, 2.45) is 0 Å². The smallest absolute Gasteiger partial charge is 0.261 e. The number of nitrogens with zero attached hydrogens (tertiary/aromatic N) is 4. The number of benzene rings is 2. The van der Waals surface area contributed by atoms with Crippen LogP contribution in [0.5, 0.6) is 11.5 Å². The molecule has 3 amide bonds. The molecule has 3 N–H and O–H groups in total. The molecular weight excluding hydrogens is 614 g/mol. The van der Waals surface area contributed by atoms with Crippen LogP contribution >= 0.6 is 0 Å². The summed E-state index contributed by atoms with van der Waals surface area (Å²) in [5.41, 5.74) is 2.02. The summed E-state index contributed by atoms with van der Waals surface area (Å²) in [7, 11) is 1.50. The average molecular weight is 656 g/mol. The molecule has 3 heterocycles. The quantitative estimate of drug-likeness (QED) is 0.296. The predicted molar refractivity (Wildman–Crippen MR) is 178 cm³/mol. The van der Waals surface area contributed by atoms with Crippen molar-refractivity contribution in [1.29, 1.82) is 0 Å². The molecule has 252 valence electrons. The lowest BCUT2D eigenvalue weighted by molar-refractivity contribution is -0.123. The summed E-state index contributed by atoms with van der Waals surface area (Å²) >= 11 is 0. The molecule has 13 nitrogen and oxygen atoms in total. The fourth-order valence-electron chi connectivity index (χ4n) is 5.43. The van der Waals surface area contributed by atoms with E-state index in [1.807, 2.05) is 44.2 Å². The molecule has 1 atom stereocenters. The van der Waals surface area contributed by atoms with Crippen LogP contribution in [0, 0.1) is 0 Å². The number of pyridine rings is 1. The Bertz CT molecular complexity index is 1790. The van der Waals surface area contributed by atoms with Gasteiger partial charge >= 0.3 is 0 Å². The zero-order valence-electron chi connectivity index (χ0n) is 27.4. The van der Waals surface area contributed by atoms with Crippen LogP contribution in [-0.2, 0) is 24.2 Å². The number of hydrogen-bond donors (Lipinski definition) is 3. The standard InChI is InChI=1S/C35H41N7O6/c1-23(2)28-14-13-27(33(44)37-28)35(46)41-18-15-25-22-42(40-39-25)17-8-20-48-31-26(11-7-12-30(31)47-3)32(43)38-29(34(45)36-16-19-41)21-24-9-5-4-6-10-24/h4-7,9-14,22-23,29H,8,15-21H2,1-3H3,(H,36,45)(H,37,44)(H,38,43)/t29-/m0/s1. The number of aromatic nitrogens is 4. The Morgan fingerprint density at radius 2 is 1.83 bits per heavy atom. The fourth-order valence-corrected chi connectivity index (χ4v) is 5.43. The van der Waals surface area contributed by atoms with Gasteiger partial charge in [0.1, 0.15) is 11.6 Å². The molecular formula is C35H41N7O6. The molecule has 0 fully saturated rings. The second-order valence-electron chi connectivity index (χ2n) is 11.9. The van der Waals surface area contributed by atoms with Gasteiger partial charge in [0.15, 0.2) is 11.5 Å². The second kappa shape index (κ2) is 15.9. The third kappa shape index (κ3) is 8.46. The molecule has 0 saturated carbocycles. The van der Waals surface area contributed by atoms with E-state index < -0.39 is 29.3 Å². The van der Waals surface area contributed by atoms with Crippen LogP contribution in [0.25, 0.3) is 0 Å². The van der Waals surface area contributed by atoms with Crippen molar-refractivity contribution in [3.63, 3.8) is 0 Å². The van der Waals surface area contributed by atoms with Crippen LogP contribution in [0.15, 0.2) is 71.7 Å². The van der Waals surface area contributed by atoms with E-state index in [1.54, 1.807) is 41.2 Å². The lowest BCUT2D eigenvalue weighted by Crippen LogP contribution is -2.50. The molecule has 0 radical (unpaired) electrons. The van der Waals surface area contributed by atoms with E-state index >= 15 is 0 Å². The number of amides is 3. The maximum absolute atomic E-state index is 13.7. The summed E-state index contributed by atoms with van der Waals surface area (Å²) < 4.78 is 13.3. The Labute approximate surface area is 278 Å². The van der Waals surface area contributed by atoms with E-state index in [4.69, 9.17) is 9.47 Å². The highest BCUT2D eigenvalue weighted by molar-refractivity contribution is 6.00. The molecule has 4 aromatic rings. The number of nitrogens with one attached hydrogen (secondary N) is 3. The monoisotopic (exact) mass is 655 g/mol. The Kier molecular flexibility index (Phi) is 11.2. The van der Waals surface area contributed by atoms with Crippen molar-refractivity contribution in [1.82, 2.24) is 35.5 Å². The molecule has 48 heavy (non-hydrogen) atoms. The third-order valence-corrected chi connectivity index (χ3v) is 8.10. The summed E-state index contributed by atoms with van der Waals surface area (Å²) in [4.78, 5) is 58.3. The van der Waals surface area contributed by atoms with Crippen LogP contribution in [0.4, 0.5) is 0 Å². The number of hydrogen-bond acceptors (Lipinski definition) is 8. The van der Waals surface area contributed by atoms with E-state index in [-0.39, 0.29) is 55.5 Å². The first-order chi connectivity index (χ1) is 23.2. The molecule has 5 rings (SSSR count). The van der Waals surface area contributed by atoms with Gasteiger partial charge in [0, 0.05) is 57.3 Å². The van der Waals surface area contributed by atoms with E-state index in [1.165, 1.54) is 12.0 Å². The van der Waals surface area contributed by atoms with E-state index in [0.717, 1.165) is 11.3 Å². The number of fused-ring (bicyclic) bond motifs is 3. The summed E-state index contributed by atoms with van der Waals surface area (Å²) in [5.74, 6) is -0.630. The van der Waals surface area contributed by atoms with Crippen LogP contribution in [0.2, 0.25) is 0 Å². The zero-order valence-corrected chi connectivity index (χ0v) is 27.4. The minimum Gasteiger partial charge on any atom is -0.493 e. The van der Waals surface area contributed by atoms with E-state index in [9.17, 15) is 19.2 Å². The molecule has 2 bridgehead atoms. The Balaban J connectivity index is 1.43. The van der Waals surface area contributed by atoms with Gasteiger partial charge in [-0.05, 0) is 35.7 Å². The number of methoxy groups -OCH3 is 1. The number of ether oxygens (including phenoxy) is 2. The van der Waals surface area contributed by atoms with Gasteiger partial charge in [0.2, 0.25) is 5.91 Å². The number of para-hydroxylation sites is 1. The molecule has 13 heteroatoms. The van der Waals surface area contributed by atoms with Gasteiger partial charge in [0.05, 0.1) is 25.0 Å². The SMILES string of the molecule is COc1cccc2c1OCCCn1cc(nn1)CCN(C(=O)c1ccc(C(C)C)[nH]c1=O)CCNC(=O)[C@H](Cc1ccccc1)NC2=O. The average Bonchev–Trinajstić information content (AvgIpc) is 3.54. The van der Waals surface area contributed by atoms with Gasteiger partial charge in [-0.1, -0.05) is 55.5 Å². The molecule has 0 spiro atoms. The predicted octanol–water partition coefficient (Wildman–Crippen LogP) is 2.72. The molecule has 0 unspecified atom stereocenters. The molecule has 0 aliphatic carbocycles. The Morgan fingerprint density at radius 3 is 2.58 bits per heavy atom. The zero-order chi connectivity index (χ0) is 34.0. The van der Waals surface area contributed by atoms with Crippen molar-refractivity contribution in [2.75, 3.05) is 33.4 Å². The summed E-state index contributed by atoms with van der Waals surface area (Å²) in [6, 6.07) is 16.7. The molecule has 2 aromatic heterocycles. The maximum atomic E-state index is 13.7. The highest BCUT2D eigenvalue weighted by Crippen LogP contribution is 2.31.